The smallest absolute Gasteiger partial charge is 0.225 e. The van der Waals surface area contributed by atoms with E-state index in [0.29, 0.717) is 38.3 Å². The molecule has 1 spiro atoms. The Balaban J connectivity index is 1.67. The minimum Gasteiger partial charge on any atom is -0.462 e. The van der Waals surface area contributed by atoms with E-state index in [1.807, 2.05) is 24.8 Å². The zero-order valence-electron chi connectivity index (χ0n) is 19.4. The van der Waals surface area contributed by atoms with Crippen molar-refractivity contribution in [1.82, 2.24) is 4.90 Å². The molecule has 0 unspecified atom stereocenters. The number of piperidine rings is 1. The predicted octanol–water partition coefficient (Wildman–Crippen LogP) is 5.81. The largest absolute Gasteiger partial charge is 0.462 e. The van der Waals surface area contributed by atoms with Crippen LogP contribution in [-0.4, -0.2) is 36.3 Å². The minimum atomic E-state index is -0.673. The number of carbonyl (C=O) groups is 1. The molecule has 166 valence electrons. The van der Waals surface area contributed by atoms with Crippen molar-refractivity contribution in [2.45, 2.75) is 52.7 Å². The number of benzene rings is 1. The van der Waals surface area contributed by atoms with Crippen molar-refractivity contribution in [1.29, 1.82) is 0 Å². The van der Waals surface area contributed by atoms with Crippen LogP contribution in [0, 0.1) is 12.8 Å². The number of nitrogens with zero attached hydrogens (tertiary/aromatic N) is 1. The van der Waals surface area contributed by atoms with E-state index >= 15 is 0 Å². The van der Waals surface area contributed by atoms with Gasteiger partial charge in [0.1, 0.15) is 5.76 Å². The Morgan fingerprint density at radius 2 is 1.94 bits per heavy atom. The summed E-state index contributed by atoms with van der Waals surface area (Å²) in [6.45, 7) is 18.3. The Kier molecular flexibility index (Phi) is 7.22. The molecule has 0 atom stereocenters. The predicted molar refractivity (Wildman–Crippen MR) is 126 cm³/mol. The quantitative estimate of drug-likeness (QED) is 0.564. The highest BCUT2D eigenvalue weighted by Crippen LogP contribution is 2.37. The van der Waals surface area contributed by atoms with Gasteiger partial charge in [-0.2, -0.15) is 0 Å². The number of aryl methyl sites for hydroxylation is 1. The van der Waals surface area contributed by atoms with Crippen LogP contribution in [-0.2, 0) is 14.3 Å². The van der Waals surface area contributed by atoms with E-state index in [1.54, 1.807) is 0 Å². The number of hydrogen-bond acceptors (Lipinski definition) is 3. The molecule has 0 aromatic heterocycles. The topological polar surface area (TPSA) is 38.8 Å². The third-order valence-corrected chi connectivity index (χ3v) is 6.15. The monoisotopic (exact) mass is 421 g/mol. The van der Waals surface area contributed by atoms with Crippen LogP contribution in [0.3, 0.4) is 0 Å². The molecule has 0 radical (unpaired) electrons. The van der Waals surface area contributed by atoms with Crippen LogP contribution in [0.2, 0.25) is 0 Å². The Hall–Kier alpha value is -2.59. The molecule has 1 aromatic rings. The summed E-state index contributed by atoms with van der Waals surface area (Å²) in [7, 11) is 0. The summed E-state index contributed by atoms with van der Waals surface area (Å²) in [6, 6.07) is 8.34. The maximum absolute atomic E-state index is 12.3. The second-order valence-electron chi connectivity index (χ2n) is 8.78. The molecule has 0 aliphatic carbocycles. The lowest BCUT2D eigenvalue weighted by Gasteiger charge is -2.45. The lowest BCUT2D eigenvalue weighted by molar-refractivity contribution is -0.246. The zero-order valence-corrected chi connectivity index (χ0v) is 19.4. The van der Waals surface area contributed by atoms with Crippen LogP contribution >= 0.6 is 0 Å². The van der Waals surface area contributed by atoms with Gasteiger partial charge in [0.25, 0.3) is 0 Å². The number of likely N-dealkylation sites (tertiary alicyclic amines) is 1. The molecule has 3 rings (SSSR count). The first-order valence-corrected chi connectivity index (χ1v) is 11.2. The molecule has 2 saturated heterocycles. The summed E-state index contributed by atoms with van der Waals surface area (Å²) in [5.74, 6) is 0.170. The molecule has 4 nitrogen and oxygen atoms in total. The van der Waals surface area contributed by atoms with E-state index in [2.05, 4.69) is 57.3 Å². The van der Waals surface area contributed by atoms with Gasteiger partial charge in [0, 0.05) is 37.4 Å². The highest BCUT2D eigenvalue weighted by Gasteiger charge is 2.42. The first kappa shape index (κ1) is 23.1. The summed E-state index contributed by atoms with van der Waals surface area (Å²) in [4.78, 5) is 14.2. The van der Waals surface area contributed by atoms with E-state index in [-0.39, 0.29) is 11.8 Å². The van der Waals surface area contributed by atoms with Crippen LogP contribution in [0.4, 0.5) is 0 Å². The Morgan fingerprint density at radius 3 is 2.52 bits per heavy atom. The fourth-order valence-electron chi connectivity index (χ4n) is 4.07. The van der Waals surface area contributed by atoms with Crippen molar-refractivity contribution in [3.8, 4) is 0 Å². The first-order valence-electron chi connectivity index (χ1n) is 11.2. The number of amides is 1. The van der Waals surface area contributed by atoms with Crippen molar-refractivity contribution in [3.05, 3.63) is 77.1 Å². The molecule has 4 heteroatoms. The normalized spacial score (nSPS) is 20.3. The van der Waals surface area contributed by atoms with Crippen molar-refractivity contribution in [2.75, 3.05) is 19.7 Å². The Morgan fingerprint density at radius 1 is 1.26 bits per heavy atom. The third-order valence-electron chi connectivity index (χ3n) is 6.15. The number of ether oxygens (including phenoxy) is 2. The summed E-state index contributed by atoms with van der Waals surface area (Å²) in [5, 5.41) is 0. The molecule has 31 heavy (non-hydrogen) atoms. The molecular weight excluding hydrogens is 386 g/mol. The van der Waals surface area contributed by atoms with E-state index < -0.39 is 5.79 Å². The molecule has 2 aliphatic heterocycles. The Bertz CT molecular complexity index is 914. The van der Waals surface area contributed by atoms with Crippen LogP contribution in [0.1, 0.15) is 51.2 Å². The average Bonchev–Trinajstić information content (AvgIpc) is 2.75. The van der Waals surface area contributed by atoms with Gasteiger partial charge in [-0.25, -0.2) is 0 Å². The van der Waals surface area contributed by atoms with Gasteiger partial charge >= 0.3 is 0 Å². The molecule has 0 saturated carbocycles. The minimum absolute atomic E-state index is 0.0123. The van der Waals surface area contributed by atoms with Gasteiger partial charge in [-0.05, 0) is 41.7 Å². The van der Waals surface area contributed by atoms with Gasteiger partial charge in [-0.3, -0.25) is 4.79 Å². The fraction of sp³-hybridized carbons (Fsp3) is 0.444. The first-order chi connectivity index (χ1) is 14.7. The second-order valence-corrected chi connectivity index (χ2v) is 8.78. The molecule has 0 bridgehead atoms. The molecule has 2 aliphatic rings. The van der Waals surface area contributed by atoms with Crippen molar-refractivity contribution < 1.29 is 14.3 Å². The summed E-state index contributed by atoms with van der Waals surface area (Å²) in [5.41, 5.74) is 5.49. The summed E-state index contributed by atoms with van der Waals surface area (Å²) >= 11 is 0. The number of allylic oxidation sites excluding steroid dienone is 3. The van der Waals surface area contributed by atoms with Crippen molar-refractivity contribution in [2.24, 2.45) is 5.92 Å². The average molecular weight is 422 g/mol. The second kappa shape index (κ2) is 9.69. The standard InChI is InChI=1S/C27H35NO3/c1-7-23(17-24-11-9-8-10-20(24)4)21(5)16-25-18-30-27(31-22(25)6)12-14-28(15-13-27)26(29)19(2)3/h8-11,16-17,19H,5-7,12-15,18H2,1-4H3/b23-17+,25-16-. The number of hydrogen-bond donors (Lipinski definition) is 0. The van der Waals surface area contributed by atoms with Gasteiger partial charge in [0.05, 0.1) is 6.61 Å². The molecular formula is C27H35NO3. The van der Waals surface area contributed by atoms with E-state index in [1.165, 1.54) is 16.7 Å². The van der Waals surface area contributed by atoms with Gasteiger partial charge in [-0.15, -0.1) is 0 Å². The van der Waals surface area contributed by atoms with E-state index in [9.17, 15) is 4.79 Å². The lowest BCUT2D eigenvalue weighted by Crippen LogP contribution is -2.52. The molecule has 1 aromatic carbocycles. The van der Waals surface area contributed by atoms with Crippen LogP contribution in [0.25, 0.3) is 6.08 Å². The van der Waals surface area contributed by atoms with Crippen LogP contribution < -0.4 is 0 Å². The maximum atomic E-state index is 12.3. The van der Waals surface area contributed by atoms with Crippen LogP contribution in [0.5, 0.6) is 0 Å². The summed E-state index contributed by atoms with van der Waals surface area (Å²) < 4.78 is 12.4. The summed E-state index contributed by atoms with van der Waals surface area (Å²) in [6.07, 6.45) is 6.43. The highest BCUT2D eigenvalue weighted by molar-refractivity contribution is 5.78. The highest BCUT2D eigenvalue weighted by atomic mass is 16.7. The third kappa shape index (κ3) is 5.37. The lowest BCUT2D eigenvalue weighted by atomic mass is 9.96. The molecule has 2 heterocycles. The van der Waals surface area contributed by atoms with Crippen LogP contribution in [0.15, 0.2) is 66.0 Å². The Labute approximate surface area is 186 Å². The van der Waals surface area contributed by atoms with Crippen molar-refractivity contribution in [3.63, 3.8) is 0 Å². The maximum Gasteiger partial charge on any atom is 0.225 e. The van der Waals surface area contributed by atoms with Gasteiger partial charge in [-0.1, -0.05) is 64.3 Å². The van der Waals surface area contributed by atoms with Crippen molar-refractivity contribution >= 4 is 12.0 Å². The van der Waals surface area contributed by atoms with E-state index in [0.717, 1.165) is 17.6 Å². The van der Waals surface area contributed by atoms with Gasteiger partial charge in [0.2, 0.25) is 11.7 Å². The molecule has 2 fully saturated rings. The fourth-order valence-corrected chi connectivity index (χ4v) is 4.07. The van der Waals surface area contributed by atoms with Gasteiger partial charge in [0.15, 0.2) is 0 Å². The zero-order chi connectivity index (χ0) is 22.6. The van der Waals surface area contributed by atoms with E-state index in [4.69, 9.17) is 9.47 Å². The number of carbonyl (C=O) groups excluding carboxylic acids is 1. The molecule has 1 amide bonds. The van der Waals surface area contributed by atoms with Gasteiger partial charge < -0.3 is 14.4 Å². The number of rotatable bonds is 5. The molecule has 0 N–H and O–H groups in total. The SMILES string of the molecule is C=C1OC2(CCN(C(=O)C(C)C)CC2)OC/C1=C/C(=C)/C(=C/c1ccccc1C)CC.